The molecule has 25 heavy (non-hydrogen) atoms. The minimum absolute atomic E-state index is 0.0472. The van der Waals surface area contributed by atoms with Gasteiger partial charge in [-0.1, -0.05) is 52.5 Å². The second kappa shape index (κ2) is 8.72. The highest BCUT2D eigenvalue weighted by molar-refractivity contribution is 6.42. The van der Waals surface area contributed by atoms with E-state index < -0.39 is 18.0 Å². The van der Waals surface area contributed by atoms with Crippen LogP contribution >= 0.6 is 46.4 Å². The zero-order valence-electron chi connectivity index (χ0n) is 12.9. The normalized spacial score (nSPS) is 11.7. The van der Waals surface area contributed by atoms with Gasteiger partial charge in [0.05, 0.1) is 26.5 Å². The van der Waals surface area contributed by atoms with Gasteiger partial charge in [0.25, 0.3) is 5.91 Å². The number of nitrogens with one attached hydrogen (secondary N) is 1. The highest BCUT2D eigenvalue weighted by Gasteiger charge is 2.20. The lowest BCUT2D eigenvalue weighted by Gasteiger charge is -2.14. The van der Waals surface area contributed by atoms with Gasteiger partial charge < -0.3 is 10.1 Å². The van der Waals surface area contributed by atoms with Crippen molar-refractivity contribution in [1.29, 1.82) is 0 Å². The van der Waals surface area contributed by atoms with Crippen LogP contribution in [0.5, 0.6) is 0 Å². The van der Waals surface area contributed by atoms with Crippen molar-refractivity contribution >= 4 is 64.1 Å². The Morgan fingerprint density at radius 1 is 1.12 bits per heavy atom. The summed E-state index contributed by atoms with van der Waals surface area (Å²) in [6.07, 6.45) is 0.252. The maximum Gasteiger partial charge on any atom is 0.311 e. The van der Waals surface area contributed by atoms with E-state index in [-0.39, 0.29) is 17.3 Å². The van der Waals surface area contributed by atoms with E-state index in [1.165, 1.54) is 19.2 Å². The molecule has 0 aliphatic carbocycles. The molecule has 2 rings (SSSR count). The van der Waals surface area contributed by atoms with Crippen LogP contribution in [0.2, 0.25) is 20.1 Å². The number of pyridine rings is 1. The number of ether oxygens (including phenoxy) is 1. The first-order valence-electron chi connectivity index (χ1n) is 7.01. The molecule has 2 aromatic rings. The van der Waals surface area contributed by atoms with E-state index in [2.05, 4.69) is 10.3 Å². The van der Waals surface area contributed by atoms with Gasteiger partial charge in [-0.2, -0.15) is 0 Å². The maximum absolute atomic E-state index is 12.1. The third kappa shape index (κ3) is 5.75. The predicted octanol–water partition coefficient (Wildman–Crippen LogP) is 4.81. The highest BCUT2D eigenvalue weighted by atomic mass is 35.5. The molecular formula is C16H12Cl4N2O3. The van der Waals surface area contributed by atoms with Crippen molar-refractivity contribution in [3.8, 4) is 0 Å². The molecule has 9 heteroatoms. The summed E-state index contributed by atoms with van der Waals surface area (Å²) in [5, 5.41) is 3.70. The monoisotopic (exact) mass is 420 g/mol. The van der Waals surface area contributed by atoms with Crippen LogP contribution in [0.3, 0.4) is 0 Å². The van der Waals surface area contributed by atoms with Crippen molar-refractivity contribution < 1.29 is 14.3 Å². The lowest BCUT2D eigenvalue weighted by molar-refractivity contribution is -0.152. The minimum atomic E-state index is -1.04. The number of halogens is 4. The number of carbonyl (C=O) groups is 2. The molecule has 132 valence electrons. The van der Waals surface area contributed by atoms with Gasteiger partial charge in [-0.25, -0.2) is 4.98 Å². The van der Waals surface area contributed by atoms with E-state index in [4.69, 9.17) is 51.1 Å². The van der Waals surface area contributed by atoms with Crippen LogP contribution in [0, 0.1) is 0 Å². The second-order valence-electron chi connectivity index (χ2n) is 5.03. The Kier molecular flexibility index (Phi) is 6.90. The van der Waals surface area contributed by atoms with Gasteiger partial charge in [-0.3, -0.25) is 9.59 Å². The number of aromatic nitrogens is 1. The molecule has 1 aromatic carbocycles. The van der Waals surface area contributed by atoms with Gasteiger partial charge in [0.15, 0.2) is 11.9 Å². The van der Waals surface area contributed by atoms with Gasteiger partial charge in [0, 0.05) is 6.20 Å². The topological polar surface area (TPSA) is 68.3 Å². The number of benzene rings is 1. The highest BCUT2D eigenvalue weighted by Crippen LogP contribution is 2.24. The van der Waals surface area contributed by atoms with E-state index >= 15 is 0 Å². The third-order valence-electron chi connectivity index (χ3n) is 3.06. The summed E-state index contributed by atoms with van der Waals surface area (Å²) in [6.45, 7) is 1.44. The Hall–Kier alpha value is -1.53. The number of anilines is 1. The average Bonchev–Trinajstić information content (AvgIpc) is 2.53. The summed E-state index contributed by atoms with van der Waals surface area (Å²) in [6, 6.07) is 6.23. The van der Waals surface area contributed by atoms with Crippen molar-refractivity contribution in [3.05, 3.63) is 56.1 Å². The second-order valence-corrected chi connectivity index (χ2v) is 6.69. The molecule has 1 unspecified atom stereocenters. The van der Waals surface area contributed by atoms with Gasteiger partial charge in [0.1, 0.15) is 0 Å². The summed E-state index contributed by atoms with van der Waals surface area (Å²) in [7, 11) is 0. The molecule has 0 spiro atoms. The fourth-order valence-corrected chi connectivity index (χ4v) is 2.58. The largest absolute Gasteiger partial charge is 0.452 e. The molecule has 0 fully saturated rings. The zero-order chi connectivity index (χ0) is 18.6. The minimum Gasteiger partial charge on any atom is -0.452 e. The standard InChI is InChI=1S/C16H12Cl4N2O3/c1-8(16(24)22-15-13(20)6-10(17)7-21-15)25-14(23)5-9-2-3-11(18)12(19)4-9/h2-4,6-8H,5H2,1H3,(H,21,22,24). The van der Waals surface area contributed by atoms with Crippen molar-refractivity contribution in [1.82, 2.24) is 4.98 Å². The van der Waals surface area contributed by atoms with E-state index in [1.54, 1.807) is 18.2 Å². The first-order chi connectivity index (χ1) is 11.8. The number of carbonyl (C=O) groups excluding carboxylic acids is 2. The van der Waals surface area contributed by atoms with Gasteiger partial charge >= 0.3 is 5.97 Å². The SMILES string of the molecule is CC(OC(=O)Cc1ccc(Cl)c(Cl)c1)C(=O)Nc1ncc(Cl)cc1Cl. The molecule has 1 N–H and O–H groups in total. The molecule has 0 saturated carbocycles. The van der Waals surface area contributed by atoms with Gasteiger partial charge in [-0.05, 0) is 30.7 Å². The molecule has 0 saturated heterocycles. The molecule has 1 amide bonds. The number of esters is 1. The molecule has 0 aliphatic rings. The van der Waals surface area contributed by atoms with E-state index in [0.29, 0.717) is 20.6 Å². The Morgan fingerprint density at radius 2 is 1.84 bits per heavy atom. The van der Waals surface area contributed by atoms with Crippen LogP contribution in [0.1, 0.15) is 12.5 Å². The number of hydrogen-bond donors (Lipinski definition) is 1. The van der Waals surface area contributed by atoms with Crippen LogP contribution in [0.15, 0.2) is 30.5 Å². The molecule has 1 heterocycles. The number of hydrogen-bond acceptors (Lipinski definition) is 4. The Morgan fingerprint density at radius 3 is 2.48 bits per heavy atom. The van der Waals surface area contributed by atoms with E-state index in [1.807, 2.05) is 0 Å². The molecule has 1 atom stereocenters. The molecule has 5 nitrogen and oxygen atoms in total. The maximum atomic E-state index is 12.1. The molecule has 0 bridgehead atoms. The number of rotatable bonds is 5. The lowest BCUT2D eigenvalue weighted by Crippen LogP contribution is -2.30. The van der Waals surface area contributed by atoms with Crippen molar-refractivity contribution in [2.75, 3.05) is 5.32 Å². The van der Waals surface area contributed by atoms with Crippen LogP contribution in [0.4, 0.5) is 5.82 Å². The number of amides is 1. The fourth-order valence-electron chi connectivity index (χ4n) is 1.83. The summed E-state index contributed by atoms with van der Waals surface area (Å²) >= 11 is 23.4. The lowest BCUT2D eigenvalue weighted by atomic mass is 10.1. The van der Waals surface area contributed by atoms with E-state index in [9.17, 15) is 9.59 Å². The Labute approximate surface area is 164 Å². The summed E-state index contributed by atoms with van der Waals surface area (Å²) in [5.74, 6) is -1.03. The summed E-state index contributed by atoms with van der Waals surface area (Å²) in [4.78, 5) is 27.9. The molecule has 1 aromatic heterocycles. The van der Waals surface area contributed by atoms with Crippen LogP contribution < -0.4 is 5.32 Å². The molecular weight excluding hydrogens is 410 g/mol. The summed E-state index contributed by atoms with van der Waals surface area (Å²) in [5.41, 5.74) is 0.620. The molecule has 0 aliphatic heterocycles. The van der Waals surface area contributed by atoms with Gasteiger partial charge in [-0.15, -0.1) is 0 Å². The predicted molar refractivity (Wildman–Crippen MR) is 98.6 cm³/mol. The molecule has 0 radical (unpaired) electrons. The van der Waals surface area contributed by atoms with Crippen molar-refractivity contribution in [2.45, 2.75) is 19.4 Å². The fraction of sp³-hybridized carbons (Fsp3) is 0.188. The van der Waals surface area contributed by atoms with Crippen molar-refractivity contribution in [3.63, 3.8) is 0 Å². The van der Waals surface area contributed by atoms with Crippen LogP contribution in [-0.2, 0) is 20.7 Å². The van der Waals surface area contributed by atoms with Crippen LogP contribution in [-0.4, -0.2) is 23.0 Å². The first-order valence-corrected chi connectivity index (χ1v) is 8.52. The summed E-state index contributed by atoms with van der Waals surface area (Å²) < 4.78 is 5.10. The zero-order valence-corrected chi connectivity index (χ0v) is 15.9. The quantitative estimate of drug-likeness (QED) is 0.703. The third-order valence-corrected chi connectivity index (χ3v) is 4.29. The smallest absolute Gasteiger partial charge is 0.311 e. The Balaban J connectivity index is 1.93. The van der Waals surface area contributed by atoms with Crippen molar-refractivity contribution in [2.24, 2.45) is 0 Å². The first kappa shape index (κ1) is 19.8. The number of nitrogens with zero attached hydrogens (tertiary/aromatic N) is 1. The average molecular weight is 422 g/mol. The van der Waals surface area contributed by atoms with E-state index in [0.717, 1.165) is 0 Å². The van der Waals surface area contributed by atoms with Crippen LogP contribution in [0.25, 0.3) is 0 Å². The Bertz CT molecular complexity index is 814. The van der Waals surface area contributed by atoms with Gasteiger partial charge in [0.2, 0.25) is 0 Å².